The molecule has 0 aliphatic rings. The standard InChI is InChI=1S/C14H21BrN2O3/c1-4-10(5-2)8-17(9-13(18)20-3)14(19)12-6-11(15)7-16-12/h6-7,10,16H,4-5,8-9H2,1-3H3. The maximum Gasteiger partial charge on any atom is 0.325 e. The number of nitrogens with one attached hydrogen (secondary N) is 1. The van der Waals surface area contributed by atoms with Crippen LogP contribution >= 0.6 is 15.9 Å². The molecule has 0 bridgehead atoms. The third-order valence-corrected chi connectivity index (χ3v) is 3.80. The van der Waals surface area contributed by atoms with Gasteiger partial charge in [-0.2, -0.15) is 0 Å². The molecule has 0 spiro atoms. The Kier molecular flexibility index (Phi) is 6.78. The second-order valence-electron chi connectivity index (χ2n) is 4.68. The topological polar surface area (TPSA) is 62.4 Å². The van der Waals surface area contributed by atoms with Crippen molar-refractivity contribution in [2.24, 2.45) is 5.92 Å². The Hall–Kier alpha value is -1.30. The summed E-state index contributed by atoms with van der Waals surface area (Å²) in [5.41, 5.74) is 0.465. The van der Waals surface area contributed by atoms with Crippen LogP contribution < -0.4 is 0 Å². The van der Waals surface area contributed by atoms with E-state index in [2.05, 4.69) is 39.5 Å². The lowest BCUT2D eigenvalue weighted by Crippen LogP contribution is -2.39. The Morgan fingerprint density at radius 3 is 2.50 bits per heavy atom. The lowest BCUT2D eigenvalue weighted by molar-refractivity contribution is -0.141. The van der Waals surface area contributed by atoms with Gasteiger partial charge in [-0.15, -0.1) is 0 Å². The van der Waals surface area contributed by atoms with E-state index in [9.17, 15) is 9.59 Å². The zero-order chi connectivity index (χ0) is 15.1. The van der Waals surface area contributed by atoms with Gasteiger partial charge in [0.2, 0.25) is 0 Å². The largest absolute Gasteiger partial charge is 0.468 e. The van der Waals surface area contributed by atoms with Crippen LogP contribution in [0.15, 0.2) is 16.7 Å². The second kappa shape index (κ2) is 8.09. The molecule has 0 aliphatic heterocycles. The third-order valence-electron chi connectivity index (χ3n) is 3.35. The minimum atomic E-state index is -0.407. The van der Waals surface area contributed by atoms with Crippen molar-refractivity contribution in [3.8, 4) is 0 Å². The van der Waals surface area contributed by atoms with Crippen molar-refractivity contribution in [2.45, 2.75) is 26.7 Å². The van der Waals surface area contributed by atoms with Gasteiger partial charge in [-0.25, -0.2) is 0 Å². The van der Waals surface area contributed by atoms with Crippen LogP contribution in [-0.2, 0) is 9.53 Å². The van der Waals surface area contributed by atoms with E-state index in [4.69, 9.17) is 0 Å². The van der Waals surface area contributed by atoms with E-state index in [1.165, 1.54) is 7.11 Å². The summed E-state index contributed by atoms with van der Waals surface area (Å²) >= 11 is 3.30. The molecule has 0 aromatic carbocycles. The monoisotopic (exact) mass is 344 g/mol. The number of carbonyl (C=O) groups is 2. The van der Waals surface area contributed by atoms with Crippen LogP contribution in [0, 0.1) is 5.92 Å². The molecule has 1 amide bonds. The number of ether oxygens (including phenoxy) is 1. The lowest BCUT2D eigenvalue weighted by Gasteiger charge is -2.25. The number of hydrogen-bond acceptors (Lipinski definition) is 3. The number of carbonyl (C=O) groups excluding carboxylic acids is 2. The van der Waals surface area contributed by atoms with E-state index in [1.807, 2.05) is 0 Å². The van der Waals surface area contributed by atoms with Crippen LogP contribution in [0.3, 0.4) is 0 Å². The Morgan fingerprint density at radius 1 is 1.40 bits per heavy atom. The molecule has 6 heteroatoms. The average Bonchev–Trinajstić information content (AvgIpc) is 2.88. The second-order valence-corrected chi connectivity index (χ2v) is 5.59. The number of esters is 1. The number of rotatable bonds is 7. The van der Waals surface area contributed by atoms with Gasteiger partial charge >= 0.3 is 5.97 Å². The molecule has 1 aromatic heterocycles. The molecule has 0 aliphatic carbocycles. The van der Waals surface area contributed by atoms with E-state index in [0.29, 0.717) is 18.2 Å². The molecule has 0 fully saturated rings. The molecular formula is C14H21BrN2O3. The number of nitrogens with zero attached hydrogens (tertiary/aromatic N) is 1. The molecule has 1 rings (SSSR count). The fraction of sp³-hybridized carbons (Fsp3) is 0.571. The van der Waals surface area contributed by atoms with Crippen LogP contribution in [0.4, 0.5) is 0 Å². The van der Waals surface area contributed by atoms with E-state index in [0.717, 1.165) is 17.3 Å². The molecule has 0 saturated carbocycles. The van der Waals surface area contributed by atoms with Gasteiger partial charge in [-0.1, -0.05) is 26.7 Å². The summed E-state index contributed by atoms with van der Waals surface area (Å²) in [5, 5.41) is 0. The SMILES string of the molecule is CCC(CC)CN(CC(=O)OC)C(=O)c1cc(Br)c[nH]1. The summed E-state index contributed by atoms with van der Waals surface area (Å²) in [7, 11) is 1.33. The van der Waals surface area contributed by atoms with E-state index in [1.54, 1.807) is 17.2 Å². The first-order chi connectivity index (χ1) is 9.51. The summed E-state index contributed by atoms with van der Waals surface area (Å²) in [6.07, 6.45) is 3.63. The minimum Gasteiger partial charge on any atom is -0.468 e. The maximum atomic E-state index is 12.4. The van der Waals surface area contributed by atoms with Gasteiger partial charge < -0.3 is 14.6 Å². The quantitative estimate of drug-likeness (QED) is 0.773. The molecule has 1 aromatic rings. The number of amides is 1. The van der Waals surface area contributed by atoms with Crippen molar-refractivity contribution in [1.82, 2.24) is 9.88 Å². The fourth-order valence-electron chi connectivity index (χ4n) is 1.96. The molecule has 1 heterocycles. The summed E-state index contributed by atoms with van der Waals surface area (Å²) in [6.45, 7) is 4.69. The number of aromatic amines is 1. The van der Waals surface area contributed by atoms with Crippen molar-refractivity contribution >= 4 is 27.8 Å². The predicted molar refractivity (Wildman–Crippen MR) is 80.5 cm³/mol. The van der Waals surface area contributed by atoms with E-state index < -0.39 is 5.97 Å². The maximum absolute atomic E-state index is 12.4. The highest BCUT2D eigenvalue weighted by Gasteiger charge is 2.22. The first-order valence-corrected chi connectivity index (χ1v) is 7.51. The van der Waals surface area contributed by atoms with Gasteiger partial charge in [0.1, 0.15) is 12.2 Å². The highest BCUT2D eigenvalue weighted by molar-refractivity contribution is 9.10. The number of hydrogen-bond donors (Lipinski definition) is 1. The number of halogens is 1. The Labute approximate surface area is 127 Å². The van der Waals surface area contributed by atoms with Gasteiger partial charge in [0.15, 0.2) is 0 Å². The summed E-state index contributed by atoms with van der Waals surface area (Å²) in [4.78, 5) is 28.4. The first kappa shape index (κ1) is 16.8. The van der Waals surface area contributed by atoms with Gasteiger partial charge in [0.05, 0.1) is 7.11 Å². The van der Waals surface area contributed by atoms with Crippen molar-refractivity contribution < 1.29 is 14.3 Å². The highest BCUT2D eigenvalue weighted by Crippen LogP contribution is 2.15. The molecule has 0 saturated heterocycles. The zero-order valence-corrected chi connectivity index (χ0v) is 13.7. The Morgan fingerprint density at radius 2 is 2.05 bits per heavy atom. The van der Waals surface area contributed by atoms with Crippen molar-refractivity contribution in [2.75, 3.05) is 20.2 Å². The number of H-pyrrole nitrogens is 1. The van der Waals surface area contributed by atoms with E-state index in [-0.39, 0.29) is 12.5 Å². The molecular weight excluding hydrogens is 324 g/mol. The van der Waals surface area contributed by atoms with Gasteiger partial charge in [-0.05, 0) is 27.9 Å². The predicted octanol–water partition coefficient (Wildman–Crippen LogP) is 2.83. The molecule has 0 unspecified atom stereocenters. The van der Waals surface area contributed by atoms with Crippen LogP contribution in [-0.4, -0.2) is 42.0 Å². The van der Waals surface area contributed by atoms with Crippen LogP contribution in [0.5, 0.6) is 0 Å². The lowest BCUT2D eigenvalue weighted by atomic mass is 10.0. The Bertz CT molecular complexity index is 455. The van der Waals surface area contributed by atoms with Crippen LogP contribution in [0.1, 0.15) is 37.2 Å². The van der Waals surface area contributed by atoms with Crippen molar-refractivity contribution in [3.63, 3.8) is 0 Å². The minimum absolute atomic E-state index is 0.0253. The first-order valence-electron chi connectivity index (χ1n) is 6.71. The number of aromatic nitrogens is 1. The van der Waals surface area contributed by atoms with Gasteiger partial charge in [0.25, 0.3) is 5.91 Å². The summed E-state index contributed by atoms with van der Waals surface area (Å²) in [6, 6.07) is 1.71. The average molecular weight is 345 g/mol. The summed E-state index contributed by atoms with van der Waals surface area (Å²) < 4.78 is 5.48. The van der Waals surface area contributed by atoms with Gasteiger partial charge in [0, 0.05) is 17.2 Å². The molecule has 1 N–H and O–H groups in total. The number of methoxy groups -OCH3 is 1. The molecule has 5 nitrogen and oxygen atoms in total. The van der Waals surface area contributed by atoms with Crippen molar-refractivity contribution in [3.05, 3.63) is 22.4 Å². The third kappa shape index (κ3) is 4.67. The van der Waals surface area contributed by atoms with E-state index >= 15 is 0 Å². The Balaban J connectivity index is 2.85. The smallest absolute Gasteiger partial charge is 0.325 e. The zero-order valence-electron chi connectivity index (χ0n) is 12.1. The molecule has 112 valence electrons. The van der Waals surface area contributed by atoms with Crippen LogP contribution in [0.25, 0.3) is 0 Å². The normalized spacial score (nSPS) is 10.7. The highest BCUT2D eigenvalue weighted by atomic mass is 79.9. The molecule has 20 heavy (non-hydrogen) atoms. The van der Waals surface area contributed by atoms with Crippen molar-refractivity contribution in [1.29, 1.82) is 0 Å². The molecule has 0 atom stereocenters. The molecule has 0 radical (unpaired) electrons. The fourth-order valence-corrected chi connectivity index (χ4v) is 2.30. The van der Waals surface area contributed by atoms with Crippen LogP contribution in [0.2, 0.25) is 0 Å². The summed E-state index contributed by atoms with van der Waals surface area (Å²) in [5.74, 6) is -0.218. The van der Waals surface area contributed by atoms with Gasteiger partial charge in [-0.3, -0.25) is 9.59 Å².